The van der Waals surface area contributed by atoms with Crippen molar-refractivity contribution in [3.63, 3.8) is 0 Å². The zero-order valence-electron chi connectivity index (χ0n) is 8.76. The first kappa shape index (κ1) is 10.7. The summed E-state index contributed by atoms with van der Waals surface area (Å²) in [6.45, 7) is 3.34. The Kier molecular flexibility index (Phi) is 3.41. The average molecular weight is 205 g/mol. The van der Waals surface area contributed by atoms with Gasteiger partial charge in [-0.05, 0) is 37.0 Å². The van der Waals surface area contributed by atoms with E-state index in [2.05, 4.69) is 4.90 Å². The minimum atomic E-state index is -1.36. The van der Waals surface area contributed by atoms with Gasteiger partial charge < -0.3 is 10.0 Å². The number of hydrogen-bond acceptors (Lipinski definition) is 3. The highest BCUT2D eigenvalue weighted by Gasteiger charge is 2.13. The standard InChI is InChI=1S/C11H16BNO2/c14-12(15)11-5-3-10(4-6-11)9-13-7-1-2-8-13/h3-6,14-15H,1-2,7-9H2. The van der Waals surface area contributed by atoms with Crippen LogP contribution in [0.3, 0.4) is 0 Å². The summed E-state index contributed by atoms with van der Waals surface area (Å²) < 4.78 is 0. The van der Waals surface area contributed by atoms with Crippen LogP contribution in [0.1, 0.15) is 18.4 Å². The molecular weight excluding hydrogens is 189 g/mol. The Morgan fingerprint density at radius 1 is 1.07 bits per heavy atom. The third kappa shape index (κ3) is 2.81. The van der Waals surface area contributed by atoms with Crippen LogP contribution in [0.4, 0.5) is 0 Å². The maximum atomic E-state index is 8.94. The van der Waals surface area contributed by atoms with Crippen LogP contribution in [0.25, 0.3) is 0 Å². The van der Waals surface area contributed by atoms with E-state index in [-0.39, 0.29) is 0 Å². The number of likely N-dealkylation sites (tertiary alicyclic amines) is 1. The van der Waals surface area contributed by atoms with Crippen molar-refractivity contribution in [2.75, 3.05) is 13.1 Å². The van der Waals surface area contributed by atoms with Gasteiger partial charge in [0.1, 0.15) is 0 Å². The van der Waals surface area contributed by atoms with E-state index in [1.54, 1.807) is 12.1 Å². The fraction of sp³-hybridized carbons (Fsp3) is 0.455. The van der Waals surface area contributed by atoms with Crippen molar-refractivity contribution in [3.8, 4) is 0 Å². The average Bonchev–Trinajstić information content (AvgIpc) is 2.71. The van der Waals surface area contributed by atoms with Crippen LogP contribution in [-0.4, -0.2) is 35.2 Å². The van der Waals surface area contributed by atoms with Crippen molar-refractivity contribution in [1.29, 1.82) is 0 Å². The van der Waals surface area contributed by atoms with E-state index in [1.807, 2.05) is 12.1 Å². The molecule has 0 amide bonds. The van der Waals surface area contributed by atoms with E-state index in [0.29, 0.717) is 5.46 Å². The summed E-state index contributed by atoms with van der Waals surface area (Å²) in [6, 6.07) is 7.48. The van der Waals surface area contributed by atoms with Crippen LogP contribution < -0.4 is 5.46 Å². The number of rotatable bonds is 3. The molecule has 1 aliphatic heterocycles. The highest BCUT2D eigenvalue weighted by atomic mass is 16.4. The molecule has 1 aromatic rings. The van der Waals surface area contributed by atoms with Crippen molar-refractivity contribution < 1.29 is 10.0 Å². The van der Waals surface area contributed by atoms with Gasteiger partial charge in [0, 0.05) is 6.54 Å². The van der Waals surface area contributed by atoms with Crippen LogP contribution in [0.15, 0.2) is 24.3 Å². The number of benzene rings is 1. The van der Waals surface area contributed by atoms with Crippen molar-refractivity contribution in [3.05, 3.63) is 29.8 Å². The van der Waals surface area contributed by atoms with Crippen molar-refractivity contribution in [1.82, 2.24) is 4.90 Å². The molecule has 0 spiro atoms. The maximum absolute atomic E-state index is 8.94. The summed E-state index contributed by atoms with van der Waals surface area (Å²) in [6.07, 6.45) is 2.60. The fourth-order valence-electron chi connectivity index (χ4n) is 1.99. The van der Waals surface area contributed by atoms with Gasteiger partial charge in [0.15, 0.2) is 0 Å². The van der Waals surface area contributed by atoms with Crippen molar-refractivity contribution in [2.24, 2.45) is 0 Å². The van der Waals surface area contributed by atoms with E-state index in [1.165, 1.54) is 31.5 Å². The van der Waals surface area contributed by atoms with Gasteiger partial charge in [-0.3, -0.25) is 4.90 Å². The Balaban J connectivity index is 1.97. The van der Waals surface area contributed by atoms with Gasteiger partial charge in [-0.15, -0.1) is 0 Å². The molecule has 0 unspecified atom stereocenters. The van der Waals surface area contributed by atoms with E-state index >= 15 is 0 Å². The highest BCUT2D eigenvalue weighted by molar-refractivity contribution is 6.58. The highest BCUT2D eigenvalue weighted by Crippen LogP contribution is 2.11. The fourth-order valence-corrected chi connectivity index (χ4v) is 1.99. The zero-order chi connectivity index (χ0) is 10.7. The van der Waals surface area contributed by atoms with Gasteiger partial charge >= 0.3 is 7.12 Å². The Morgan fingerprint density at radius 2 is 1.67 bits per heavy atom. The lowest BCUT2D eigenvalue weighted by atomic mass is 9.80. The molecule has 0 saturated carbocycles. The Morgan fingerprint density at radius 3 is 2.20 bits per heavy atom. The summed E-state index contributed by atoms with van der Waals surface area (Å²) in [5, 5.41) is 17.9. The lowest BCUT2D eigenvalue weighted by molar-refractivity contribution is 0.331. The van der Waals surface area contributed by atoms with Gasteiger partial charge in [0.05, 0.1) is 0 Å². The normalized spacial score (nSPS) is 16.9. The van der Waals surface area contributed by atoms with Gasteiger partial charge in [-0.25, -0.2) is 0 Å². The Hall–Kier alpha value is -0.835. The van der Waals surface area contributed by atoms with Crippen molar-refractivity contribution in [2.45, 2.75) is 19.4 Å². The molecule has 0 bridgehead atoms. The molecule has 0 aromatic heterocycles. The van der Waals surface area contributed by atoms with Crippen LogP contribution in [-0.2, 0) is 6.54 Å². The van der Waals surface area contributed by atoms with E-state index < -0.39 is 7.12 Å². The number of hydrogen-bond donors (Lipinski definition) is 2. The monoisotopic (exact) mass is 205 g/mol. The molecule has 2 rings (SSSR count). The molecule has 1 heterocycles. The molecule has 2 N–H and O–H groups in total. The molecule has 1 saturated heterocycles. The quantitative estimate of drug-likeness (QED) is 0.680. The Labute approximate surface area is 90.5 Å². The Bertz CT molecular complexity index is 307. The summed E-state index contributed by atoms with van der Waals surface area (Å²) in [5.74, 6) is 0. The smallest absolute Gasteiger partial charge is 0.423 e. The molecule has 0 aliphatic carbocycles. The number of nitrogens with zero attached hydrogens (tertiary/aromatic N) is 1. The van der Waals surface area contributed by atoms with Gasteiger partial charge in [0.2, 0.25) is 0 Å². The minimum absolute atomic E-state index is 0.556. The summed E-state index contributed by atoms with van der Waals surface area (Å²) >= 11 is 0. The lowest BCUT2D eigenvalue weighted by Gasteiger charge is -2.14. The molecule has 3 nitrogen and oxygen atoms in total. The second-order valence-corrected chi connectivity index (χ2v) is 4.10. The van der Waals surface area contributed by atoms with Gasteiger partial charge in [0.25, 0.3) is 0 Å². The molecule has 80 valence electrons. The lowest BCUT2D eigenvalue weighted by Crippen LogP contribution is -2.29. The SMILES string of the molecule is OB(O)c1ccc(CN2CCCC2)cc1. The molecule has 4 heteroatoms. The first-order chi connectivity index (χ1) is 7.25. The largest absolute Gasteiger partial charge is 0.488 e. The van der Waals surface area contributed by atoms with E-state index in [0.717, 1.165) is 6.54 Å². The van der Waals surface area contributed by atoms with E-state index in [4.69, 9.17) is 10.0 Å². The predicted octanol–water partition coefficient (Wildman–Crippen LogP) is -0.0378. The maximum Gasteiger partial charge on any atom is 0.488 e. The topological polar surface area (TPSA) is 43.7 Å². The van der Waals surface area contributed by atoms with Crippen molar-refractivity contribution >= 4 is 12.6 Å². The molecule has 1 fully saturated rings. The summed E-state index contributed by atoms with van der Waals surface area (Å²) in [7, 11) is -1.36. The first-order valence-electron chi connectivity index (χ1n) is 5.43. The van der Waals surface area contributed by atoms with Gasteiger partial charge in [-0.1, -0.05) is 24.3 Å². The van der Waals surface area contributed by atoms with Crippen LogP contribution in [0.2, 0.25) is 0 Å². The third-order valence-electron chi connectivity index (χ3n) is 2.88. The van der Waals surface area contributed by atoms with E-state index in [9.17, 15) is 0 Å². The van der Waals surface area contributed by atoms with Crippen LogP contribution in [0, 0.1) is 0 Å². The third-order valence-corrected chi connectivity index (χ3v) is 2.88. The molecule has 1 aliphatic rings. The predicted molar refractivity (Wildman–Crippen MR) is 60.8 cm³/mol. The molecule has 0 atom stereocenters. The zero-order valence-corrected chi connectivity index (χ0v) is 8.76. The molecule has 0 radical (unpaired) electrons. The van der Waals surface area contributed by atoms with Crippen LogP contribution in [0.5, 0.6) is 0 Å². The van der Waals surface area contributed by atoms with Crippen LogP contribution >= 0.6 is 0 Å². The molecular formula is C11H16BNO2. The first-order valence-corrected chi connectivity index (χ1v) is 5.43. The molecule has 1 aromatic carbocycles. The molecule has 15 heavy (non-hydrogen) atoms. The van der Waals surface area contributed by atoms with Gasteiger partial charge in [-0.2, -0.15) is 0 Å². The summed E-state index contributed by atoms with van der Waals surface area (Å²) in [5.41, 5.74) is 1.79. The second-order valence-electron chi connectivity index (χ2n) is 4.10. The second kappa shape index (κ2) is 4.79. The minimum Gasteiger partial charge on any atom is -0.423 e. The summed E-state index contributed by atoms with van der Waals surface area (Å²) in [4.78, 5) is 2.42.